The Morgan fingerprint density at radius 1 is 1.42 bits per heavy atom. The molecule has 0 saturated heterocycles. The first-order chi connectivity index (χ1) is 12.4. The predicted molar refractivity (Wildman–Crippen MR) is 100.0 cm³/mol. The molecule has 0 saturated carbocycles. The van der Waals surface area contributed by atoms with Gasteiger partial charge < -0.3 is 10.1 Å². The summed E-state index contributed by atoms with van der Waals surface area (Å²) in [5, 5.41) is 9.28. The molecular formula is C17H22N4O4S. The molecule has 1 heterocycles. The number of carbonyl (C=O) groups excluding carboxylic acids is 3. The van der Waals surface area contributed by atoms with Crippen molar-refractivity contribution in [3.05, 3.63) is 27.9 Å². The van der Waals surface area contributed by atoms with E-state index in [9.17, 15) is 14.4 Å². The number of amides is 1. The van der Waals surface area contributed by atoms with E-state index in [2.05, 4.69) is 20.5 Å². The molecule has 2 rings (SSSR count). The molecule has 1 aromatic rings. The van der Waals surface area contributed by atoms with E-state index in [1.807, 2.05) is 13.8 Å². The largest absolute Gasteiger partial charge is 0.371 e. The molecule has 0 atom stereocenters. The van der Waals surface area contributed by atoms with Crippen LogP contribution in [-0.2, 0) is 9.53 Å². The van der Waals surface area contributed by atoms with E-state index in [4.69, 9.17) is 4.74 Å². The summed E-state index contributed by atoms with van der Waals surface area (Å²) in [5.41, 5.74) is 1.58. The Hall–Kier alpha value is -2.26. The van der Waals surface area contributed by atoms with Crippen molar-refractivity contribution in [3.63, 3.8) is 0 Å². The lowest BCUT2D eigenvalue weighted by atomic mass is 9.94. The lowest BCUT2D eigenvalue weighted by molar-refractivity contribution is -0.124. The maximum atomic E-state index is 12.8. The third-order valence-corrected chi connectivity index (χ3v) is 4.74. The number of hydrogen-bond acceptors (Lipinski definition) is 7. The second kappa shape index (κ2) is 8.91. The molecule has 0 aromatic carbocycles. The normalized spacial score (nSPS) is 14.5. The van der Waals surface area contributed by atoms with Crippen molar-refractivity contribution >= 4 is 34.9 Å². The van der Waals surface area contributed by atoms with Crippen LogP contribution in [0.4, 0.5) is 0 Å². The quantitative estimate of drug-likeness (QED) is 0.520. The molecule has 0 fully saturated rings. The van der Waals surface area contributed by atoms with E-state index in [1.165, 1.54) is 24.9 Å². The fraction of sp³-hybridized carbons (Fsp3) is 0.471. The Morgan fingerprint density at radius 3 is 2.77 bits per heavy atom. The van der Waals surface area contributed by atoms with Crippen LogP contribution >= 0.6 is 11.8 Å². The van der Waals surface area contributed by atoms with Gasteiger partial charge in [-0.3, -0.25) is 24.5 Å². The van der Waals surface area contributed by atoms with Gasteiger partial charge in [0.25, 0.3) is 0 Å². The second-order valence-electron chi connectivity index (χ2n) is 5.86. The maximum Gasteiger partial charge on any atom is 0.245 e. The number of nitrogens with zero attached hydrogens (tertiary/aromatic N) is 2. The van der Waals surface area contributed by atoms with Crippen LogP contribution in [-0.4, -0.2) is 66.4 Å². The molecule has 0 spiro atoms. The van der Waals surface area contributed by atoms with Crippen molar-refractivity contribution in [1.29, 1.82) is 0 Å². The highest BCUT2D eigenvalue weighted by atomic mass is 32.2. The summed E-state index contributed by atoms with van der Waals surface area (Å²) < 4.78 is 5.21. The molecule has 1 aromatic heterocycles. The highest BCUT2D eigenvalue weighted by molar-refractivity contribution is 8.04. The van der Waals surface area contributed by atoms with Gasteiger partial charge in [-0.15, -0.1) is 11.8 Å². The Kier molecular flexibility index (Phi) is 6.87. The molecular weight excluding hydrogens is 356 g/mol. The molecule has 0 bridgehead atoms. The van der Waals surface area contributed by atoms with Gasteiger partial charge in [0.1, 0.15) is 18.0 Å². The Balaban J connectivity index is 2.11. The smallest absolute Gasteiger partial charge is 0.245 e. The van der Waals surface area contributed by atoms with Crippen molar-refractivity contribution in [2.75, 3.05) is 33.1 Å². The fourth-order valence-electron chi connectivity index (χ4n) is 2.50. The molecule has 1 aliphatic rings. The van der Waals surface area contributed by atoms with Gasteiger partial charge in [0.15, 0.2) is 0 Å². The first kappa shape index (κ1) is 20.1. The van der Waals surface area contributed by atoms with Gasteiger partial charge in [-0.05, 0) is 5.92 Å². The molecule has 0 unspecified atom stereocenters. The summed E-state index contributed by atoms with van der Waals surface area (Å²) in [6.45, 7) is 4.15. The number of nitrogens with one attached hydrogen (secondary N) is 2. The third-order valence-electron chi connectivity index (χ3n) is 3.75. The molecule has 1 amide bonds. The highest BCUT2D eigenvalue weighted by Gasteiger charge is 2.33. The van der Waals surface area contributed by atoms with Crippen LogP contribution in [0.15, 0.2) is 16.0 Å². The lowest BCUT2D eigenvalue weighted by Crippen LogP contribution is -2.24. The monoisotopic (exact) mass is 378 g/mol. The van der Waals surface area contributed by atoms with Crippen LogP contribution in [0, 0.1) is 5.92 Å². The summed E-state index contributed by atoms with van der Waals surface area (Å²) in [7, 11) is 3.17. The summed E-state index contributed by atoms with van der Waals surface area (Å²) in [4.78, 5) is 40.8. The number of rotatable bonds is 8. The molecule has 1 aliphatic carbocycles. The van der Waals surface area contributed by atoms with E-state index in [0.717, 1.165) is 0 Å². The zero-order valence-electron chi connectivity index (χ0n) is 15.2. The SMILES string of the molecule is CN=C(c1n[nH]c2c1C(=O)C(SCCOCC(=O)NC)=CC2=O)C(C)C. The summed E-state index contributed by atoms with van der Waals surface area (Å²) >= 11 is 1.22. The van der Waals surface area contributed by atoms with Crippen LogP contribution < -0.4 is 5.32 Å². The van der Waals surface area contributed by atoms with Crippen molar-refractivity contribution < 1.29 is 19.1 Å². The van der Waals surface area contributed by atoms with Crippen LogP contribution in [0.1, 0.15) is 40.4 Å². The first-order valence-corrected chi connectivity index (χ1v) is 9.16. The van der Waals surface area contributed by atoms with Gasteiger partial charge in [-0.25, -0.2) is 0 Å². The number of aromatic amines is 1. The molecule has 140 valence electrons. The Morgan fingerprint density at radius 2 is 2.15 bits per heavy atom. The van der Waals surface area contributed by atoms with E-state index in [1.54, 1.807) is 7.05 Å². The number of fused-ring (bicyclic) bond motifs is 1. The topological polar surface area (TPSA) is 114 Å². The molecule has 9 heteroatoms. The number of H-pyrrole nitrogens is 1. The molecule has 0 aliphatic heterocycles. The first-order valence-electron chi connectivity index (χ1n) is 8.17. The molecule has 0 radical (unpaired) electrons. The highest BCUT2D eigenvalue weighted by Crippen LogP contribution is 2.30. The van der Waals surface area contributed by atoms with Crippen LogP contribution in [0.25, 0.3) is 0 Å². The van der Waals surface area contributed by atoms with E-state index in [-0.39, 0.29) is 47.9 Å². The number of carbonyl (C=O) groups is 3. The van der Waals surface area contributed by atoms with E-state index < -0.39 is 0 Å². The number of thioether (sulfide) groups is 1. The average Bonchev–Trinajstić information content (AvgIpc) is 3.04. The zero-order valence-corrected chi connectivity index (χ0v) is 16.0. The zero-order chi connectivity index (χ0) is 19.3. The van der Waals surface area contributed by atoms with Crippen molar-refractivity contribution in [2.24, 2.45) is 10.9 Å². The number of aliphatic imine (C=N–C) groups is 1. The average molecular weight is 378 g/mol. The van der Waals surface area contributed by atoms with E-state index >= 15 is 0 Å². The Bertz CT molecular complexity index is 780. The van der Waals surface area contributed by atoms with Crippen LogP contribution in [0.3, 0.4) is 0 Å². The van der Waals surface area contributed by atoms with E-state index in [0.29, 0.717) is 22.1 Å². The lowest BCUT2D eigenvalue weighted by Gasteiger charge is -2.14. The van der Waals surface area contributed by atoms with Crippen LogP contribution in [0.5, 0.6) is 0 Å². The van der Waals surface area contributed by atoms with Gasteiger partial charge in [-0.1, -0.05) is 13.8 Å². The summed E-state index contributed by atoms with van der Waals surface area (Å²) in [6.07, 6.45) is 1.31. The minimum absolute atomic E-state index is 0.0380. The number of likely N-dealkylation sites (N-methyl/N-ethyl adjacent to an activating group) is 1. The van der Waals surface area contributed by atoms with Gasteiger partial charge in [0, 0.05) is 25.9 Å². The van der Waals surface area contributed by atoms with Gasteiger partial charge >= 0.3 is 0 Å². The maximum absolute atomic E-state index is 12.8. The molecule has 8 nitrogen and oxygen atoms in total. The van der Waals surface area contributed by atoms with Crippen molar-refractivity contribution in [2.45, 2.75) is 13.8 Å². The standard InChI is InChI=1S/C17H22N4O4S/c1-9(2)14(19-4)16-13-15(20-21-16)10(22)7-11(17(13)24)26-6-5-25-8-12(23)18-3/h7,9H,5-6,8H2,1-4H3,(H,18,23)(H,20,21). The Labute approximate surface area is 155 Å². The fourth-order valence-corrected chi connectivity index (χ4v) is 3.34. The minimum atomic E-state index is -0.286. The number of Topliss-reactive ketones (excluding diaryl/α,β-unsaturated/α-hetero) is 1. The number of allylic oxidation sites excluding steroid dienone is 2. The summed E-state index contributed by atoms with van der Waals surface area (Å²) in [5.74, 6) is -0.238. The van der Waals surface area contributed by atoms with Gasteiger partial charge in [0.05, 0.1) is 22.8 Å². The summed E-state index contributed by atoms with van der Waals surface area (Å²) in [6, 6.07) is 0. The van der Waals surface area contributed by atoms with Crippen molar-refractivity contribution in [3.8, 4) is 0 Å². The molecule has 26 heavy (non-hydrogen) atoms. The number of ether oxygens (including phenoxy) is 1. The second-order valence-corrected chi connectivity index (χ2v) is 7.00. The minimum Gasteiger partial charge on any atom is -0.371 e. The molecule has 2 N–H and O–H groups in total. The predicted octanol–water partition coefficient (Wildman–Crippen LogP) is 1.24. The van der Waals surface area contributed by atoms with Crippen molar-refractivity contribution in [1.82, 2.24) is 15.5 Å². The number of aromatic nitrogens is 2. The van der Waals surface area contributed by atoms with Gasteiger partial charge in [0.2, 0.25) is 17.5 Å². The number of ketones is 2. The third kappa shape index (κ3) is 4.28. The van der Waals surface area contributed by atoms with Crippen LogP contribution in [0.2, 0.25) is 0 Å². The van der Waals surface area contributed by atoms with Gasteiger partial charge in [-0.2, -0.15) is 5.10 Å². The number of hydrogen-bond donors (Lipinski definition) is 2.